The van der Waals surface area contributed by atoms with E-state index in [1.54, 1.807) is 4.90 Å². The van der Waals surface area contributed by atoms with Crippen molar-refractivity contribution in [2.75, 3.05) is 20.1 Å². The predicted molar refractivity (Wildman–Crippen MR) is 64.0 cm³/mol. The maximum atomic E-state index is 12.2. The summed E-state index contributed by atoms with van der Waals surface area (Å²) in [4.78, 5) is 14.0. The number of nitrogens with zero attached hydrogens (tertiary/aromatic N) is 1. The maximum absolute atomic E-state index is 12.2. The van der Waals surface area contributed by atoms with Crippen molar-refractivity contribution in [1.82, 2.24) is 4.90 Å². The minimum atomic E-state index is -0.00206. The summed E-state index contributed by atoms with van der Waals surface area (Å²) in [5.74, 6) is 0.485. The zero-order valence-electron chi connectivity index (χ0n) is 10.8. The topological polar surface area (TPSA) is 55.6 Å². The van der Waals surface area contributed by atoms with Crippen molar-refractivity contribution in [3.05, 3.63) is 0 Å². The Labute approximate surface area is 98.1 Å². The SMILES string of the molecule is CC1OC(C)C(C(=O)N(C)CCCN)C1C. The highest BCUT2D eigenvalue weighted by Crippen LogP contribution is 2.33. The van der Waals surface area contributed by atoms with Crippen molar-refractivity contribution in [1.29, 1.82) is 0 Å². The molecular weight excluding hydrogens is 204 g/mol. The van der Waals surface area contributed by atoms with Crippen molar-refractivity contribution >= 4 is 5.91 Å². The quantitative estimate of drug-likeness (QED) is 0.776. The van der Waals surface area contributed by atoms with Gasteiger partial charge in [-0.15, -0.1) is 0 Å². The number of nitrogens with two attached hydrogens (primary N) is 1. The molecule has 0 aromatic rings. The van der Waals surface area contributed by atoms with Crippen molar-refractivity contribution in [2.24, 2.45) is 17.6 Å². The number of carbonyl (C=O) groups is 1. The molecule has 94 valence electrons. The predicted octanol–water partition coefficient (Wildman–Crippen LogP) is 0.853. The molecule has 4 nitrogen and oxygen atoms in total. The summed E-state index contributed by atoms with van der Waals surface area (Å²) in [5.41, 5.74) is 5.44. The molecule has 1 saturated heterocycles. The van der Waals surface area contributed by atoms with E-state index in [1.165, 1.54) is 0 Å². The molecule has 0 aromatic carbocycles. The molecule has 1 rings (SSSR count). The summed E-state index contributed by atoms with van der Waals surface area (Å²) in [5, 5.41) is 0. The Balaban J connectivity index is 2.59. The third-order valence-electron chi connectivity index (χ3n) is 3.60. The third kappa shape index (κ3) is 2.74. The van der Waals surface area contributed by atoms with Crippen LogP contribution in [0.3, 0.4) is 0 Å². The fourth-order valence-electron chi connectivity index (χ4n) is 2.39. The van der Waals surface area contributed by atoms with Crippen molar-refractivity contribution in [2.45, 2.75) is 39.4 Å². The Kier molecular flexibility index (Phi) is 4.74. The largest absolute Gasteiger partial charge is 0.374 e. The van der Waals surface area contributed by atoms with Gasteiger partial charge >= 0.3 is 0 Å². The van der Waals surface area contributed by atoms with Crippen LogP contribution in [0.2, 0.25) is 0 Å². The average Bonchev–Trinajstić information content (AvgIpc) is 2.49. The Hall–Kier alpha value is -0.610. The molecule has 1 heterocycles. The summed E-state index contributed by atoms with van der Waals surface area (Å²) in [6.07, 6.45) is 1.05. The van der Waals surface area contributed by atoms with Crippen LogP contribution >= 0.6 is 0 Å². The van der Waals surface area contributed by atoms with Gasteiger partial charge in [0.15, 0.2) is 0 Å². The van der Waals surface area contributed by atoms with Gasteiger partial charge in [0.1, 0.15) is 0 Å². The number of hydrogen-bond acceptors (Lipinski definition) is 3. The van der Waals surface area contributed by atoms with Crippen LogP contribution in [-0.2, 0) is 9.53 Å². The zero-order chi connectivity index (χ0) is 12.3. The van der Waals surface area contributed by atoms with Crippen LogP contribution in [-0.4, -0.2) is 43.2 Å². The van der Waals surface area contributed by atoms with Crippen molar-refractivity contribution in [3.63, 3.8) is 0 Å². The molecular formula is C12H24N2O2. The van der Waals surface area contributed by atoms with Gasteiger partial charge in [0.25, 0.3) is 0 Å². The summed E-state index contributed by atoms with van der Waals surface area (Å²) in [6, 6.07) is 0. The van der Waals surface area contributed by atoms with Gasteiger partial charge in [-0.05, 0) is 32.7 Å². The molecule has 4 atom stereocenters. The lowest BCUT2D eigenvalue weighted by molar-refractivity contribution is -0.136. The van der Waals surface area contributed by atoms with E-state index in [-0.39, 0.29) is 24.0 Å². The average molecular weight is 228 g/mol. The van der Waals surface area contributed by atoms with Gasteiger partial charge in [-0.2, -0.15) is 0 Å². The van der Waals surface area contributed by atoms with E-state index in [0.29, 0.717) is 12.5 Å². The van der Waals surface area contributed by atoms with Crippen molar-refractivity contribution < 1.29 is 9.53 Å². The Morgan fingerprint density at radius 1 is 1.31 bits per heavy atom. The zero-order valence-corrected chi connectivity index (χ0v) is 10.8. The van der Waals surface area contributed by atoms with Gasteiger partial charge < -0.3 is 15.4 Å². The van der Waals surface area contributed by atoms with E-state index in [9.17, 15) is 4.79 Å². The van der Waals surface area contributed by atoms with Gasteiger partial charge in [-0.25, -0.2) is 0 Å². The minimum absolute atomic E-state index is 0.00206. The fraction of sp³-hybridized carbons (Fsp3) is 0.917. The molecule has 0 spiro atoms. The first-order chi connectivity index (χ1) is 7.49. The lowest BCUT2D eigenvalue weighted by atomic mass is 9.88. The second-order valence-corrected chi connectivity index (χ2v) is 4.83. The molecule has 0 aromatic heterocycles. The van der Waals surface area contributed by atoms with Crippen LogP contribution in [0.4, 0.5) is 0 Å². The van der Waals surface area contributed by atoms with Gasteiger partial charge in [0.2, 0.25) is 5.91 Å². The normalized spacial score (nSPS) is 34.1. The first kappa shape index (κ1) is 13.5. The summed E-state index contributed by atoms with van der Waals surface area (Å²) < 4.78 is 5.69. The van der Waals surface area contributed by atoms with Gasteiger partial charge in [-0.3, -0.25) is 4.79 Å². The van der Waals surface area contributed by atoms with E-state index in [2.05, 4.69) is 6.92 Å². The van der Waals surface area contributed by atoms with Crippen LogP contribution in [0.5, 0.6) is 0 Å². The smallest absolute Gasteiger partial charge is 0.228 e. The molecule has 16 heavy (non-hydrogen) atoms. The van der Waals surface area contributed by atoms with Crippen molar-refractivity contribution in [3.8, 4) is 0 Å². The number of amides is 1. The molecule has 0 radical (unpaired) electrons. The third-order valence-corrected chi connectivity index (χ3v) is 3.60. The highest BCUT2D eigenvalue weighted by molar-refractivity contribution is 5.79. The van der Waals surface area contributed by atoms with E-state index < -0.39 is 0 Å². The summed E-state index contributed by atoms with van der Waals surface area (Å²) in [7, 11) is 1.85. The second-order valence-electron chi connectivity index (χ2n) is 4.83. The van der Waals surface area contributed by atoms with Crippen LogP contribution in [0.25, 0.3) is 0 Å². The van der Waals surface area contributed by atoms with E-state index in [4.69, 9.17) is 10.5 Å². The standard InChI is InChI=1S/C12H24N2O2/c1-8-9(2)16-10(3)11(8)12(15)14(4)7-5-6-13/h8-11H,5-7,13H2,1-4H3. The Bertz CT molecular complexity index is 245. The van der Waals surface area contributed by atoms with Gasteiger partial charge in [0.05, 0.1) is 18.1 Å². The van der Waals surface area contributed by atoms with Crippen LogP contribution in [0.1, 0.15) is 27.2 Å². The van der Waals surface area contributed by atoms with E-state index in [0.717, 1.165) is 13.0 Å². The molecule has 0 saturated carbocycles. The van der Waals surface area contributed by atoms with Gasteiger partial charge in [-0.1, -0.05) is 6.92 Å². The minimum Gasteiger partial charge on any atom is -0.374 e. The lowest BCUT2D eigenvalue weighted by Crippen LogP contribution is -2.39. The number of carbonyl (C=O) groups excluding carboxylic acids is 1. The fourth-order valence-corrected chi connectivity index (χ4v) is 2.39. The van der Waals surface area contributed by atoms with Crippen LogP contribution in [0, 0.1) is 11.8 Å². The van der Waals surface area contributed by atoms with Crippen LogP contribution in [0.15, 0.2) is 0 Å². The first-order valence-electron chi connectivity index (χ1n) is 6.09. The molecule has 1 aliphatic heterocycles. The highest BCUT2D eigenvalue weighted by atomic mass is 16.5. The maximum Gasteiger partial charge on any atom is 0.228 e. The van der Waals surface area contributed by atoms with Crippen LogP contribution < -0.4 is 5.73 Å². The molecule has 1 aliphatic rings. The molecule has 2 N–H and O–H groups in total. The molecule has 4 heteroatoms. The summed E-state index contributed by atoms with van der Waals surface area (Å²) in [6.45, 7) is 7.47. The van der Waals surface area contributed by atoms with Gasteiger partial charge in [0, 0.05) is 13.6 Å². The number of ether oxygens (including phenoxy) is 1. The number of rotatable bonds is 4. The monoisotopic (exact) mass is 228 g/mol. The molecule has 4 unspecified atom stereocenters. The highest BCUT2D eigenvalue weighted by Gasteiger charge is 2.42. The van der Waals surface area contributed by atoms with E-state index >= 15 is 0 Å². The Morgan fingerprint density at radius 2 is 1.94 bits per heavy atom. The molecule has 0 bridgehead atoms. The first-order valence-corrected chi connectivity index (χ1v) is 6.09. The van der Waals surface area contributed by atoms with E-state index in [1.807, 2.05) is 20.9 Å². The molecule has 1 amide bonds. The number of hydrogen-bond donors (Lipinski definition) is 1. The lowest BCUT2D eigenvalue weighted by Gasteiger charge is -2.24. The second kappa shape index (κ2) is 5.64. The molecule has 1 fully saturated rings. The summed E-state index contributed by atoms with van der Waals surface area (Å²) >= 11 is 0. The Morgan fingerprint density at radius 3 is 2.38 bits per heavy atom. The molecule has 0 aliphatic carbocycles.